The summed E-state index contributed by atoms with van der Waals surface area (Å²) in [5, 5.41) is 10.2. The molecule has 0 amide bonds. The van der Waals surface area contributed by atoms with Gasteiger partial charge in [-0.1, -0.05) is 96.8 Å². The number of unbranched alkanes of at least 4 members (excludes halogenated alkanes) is 14. The van der Waals surface area contributed by atoms with Crippen molar-refractivity contribution in [2.75, 3.05) is 0 Å². The summed E-state index contributed by atoms with van der Waals surface area (Å²) in [4.78, 5) is 10.2. The van der Waals surface area contributed by atoms with Crippen LogP contribution in [-0.2, 0) is 15.2 Å². The molecule has 0 atom stereocenters. The first-order chi connectivity index (χ1) is 11.8. The summed E-state index contributed by atoms with van der Waals surface area (Å²) in [5.41, 5.74) is 0. The fourth-order valence-electron chi connectivity index (χ4n) is 2.64. The van der Waals surface area contributed by atoms with Gasteiger partial charge in [0.25, 0.3) is 0 Å². The van der Waals surface area contributed by atoms with Crippen molar-refractivity contribution in [3.8, 4) is 0 Å². The van der Waals surface area contributed by atoms with E-state index in [-0.39, 0.29) is 67.2 Å². The topological polar surface area (TPSA) is 120 Å². The minimum atomic E-state index is -5.17. The molecule has 0 aliphatic heterocycles. The van der Waals surface area contributed by atoms with E-state index in [0.29, 0.717) is 0 Å². The Labute approximate surface area is 212 Å². The molecule has 0 saturated heterocycles. The molecule has 0 aliphatic carbocycles. The second-order valence-corrected chi connectivity index (χ2v) is 7.30. The van der Waals surface area contributed by atoms with Gasteiger partial charge >= 0.3 is 60.8 Å². The third kappa shape index (κ3) is 52.2. The zero-order valence-corrected chi connectivity index (χ0v) is 21.5. The van der Waals surface area contributed by atoms with Crippen molar-refractivity contribution >= 4 is 77.2 Å². The van der Waals surface area contributed by atoms with Crippen molar-refractivity contribution in [2.45, 2.75) is 110 Å². The van der Waals surface area contributed by atoms with Gasteiger partial charge in [0.2, 0.25) is 0 Å². The van der Waals surface area contributed by atoms with E-state index in [0.717, 1.165) is 12.8 Å². The Morgan fingerprint density at radius 2 is 0.889 bits per heavy atom. The van der Waals surface area contributed by atoms with Crippen LogP contribution in [0, 0.1) is 0 Å². The van der Waals surface area contributed by atoms with Crippen LogP contribution in [0.2, 0.25) is 0 Å². The maximum Gasteiger partial charge on any atom is 2.00 e. The van der Waals surface area contributed by atoms with Crippen molar-refractivity contribution in [1.82, 2.24) is 0 Å². The summed E-state index contributed by atoms with van der Waals surface area (Å²) in [6.45, 7) is 2.27. The van der Waals surface area contributed by atoms with Gasteiger partial charge in [0.15, 0.2) is 0 Å². The standard InChI is InChI=1S/C18H36O2.Ca.Mg.H2O4S/c1-2-3-4-5-6-7-8-9-10-11-12-13-14-15-16-17-18(19)20;;;1-5(2,3)4/h2-17H2,1H3,(H,19,20);;;(H2,1,2,3,4)/q;2*+2;/p-3. The Morgan fingerprint density at radius 1 is 0.667 bits per heavy atom. The number of rotatable bonds is 16. The molecule has 152 valence electrons. The van der Waals surface area contributed by atoms with Gasteiger partial charge in [0, 0.05) is 16.4 Å². The third-order valence-electron chi connectivity index (χ3n) is 3.98. The molecule has 0 aromatic carbocycles. The summed E-state index contributed by atoms with van der Waals surface area (Å²) < 4.78 is 34.1. The molecule has 6 nitrogen and oxygen atoms in total. The van der Waals surface area contributed by atoms with E-state index in [2.05, 4.69) is 6.92 Å². The number of carboxylic acid groups (broad SMARTS) is 1. The van der Waals surface area contributed by atoms with Crippen LogP contribution in [0.4, 0.5) is 0 Å². The SMILES string of the molecule is CCCCCCCCCCCCCCCCCC(=O)[O-].O=S(=O)([O-])[O-].[Ca+2].[Mg+2]. The molecular formula is C18H35CaMgO6S+. The van der Waals surface area contributed by atoms with Crippen LogP contribution in [-0.4, -0.2) is 84.3 Å². The summed E-state index contributed by atoms with van der Waals surface area (Å²) in [6.07, 6.45) is 19.9. The molecular weight excluding hydrogens is 409 g/mol. The first-order valence-corrected chi connectivity index (χ1v) is 11.0. The molecule has 0 fully saturated rings. The van der Waals surface area contributed by atoms with E-state index in [4.69, 9.17) is 17.5 Å². The fourth-order valence-corrected chi connectivity index (χ4v) is 2.64. The molecule has 0 heterocycles. The van der Waals surface area contributed by atoms with Gasteiger partial charge < -0.3 is 19.0 Å². The minimum absolute atomic E-state index is 0. The molecule has 0 aromatic rings. The van der Waals surface area contributed by atoms with Crippen molar-refractivity contribution in [2.24, 2.45) is 0 Å². The van der Waals surface area contributed by atoms with Crippen LogP contribution in [0.5, 0.6) is 0 Å². The van der Waals surface area contributed by atoms with Crippen LogP contribution in [0.25, 0.3) is 0 Å². The number of aliphatic carboxylic acids is 1. The summed E-state index contributed by atoms with van der Waals surface area (Å²) >= 11 is 0. The van der Waals surface area contributed by atoms with Gasteiger partial charge in [-0.3, -0.25) is 8.42 Å². The second kappa shape index (κ2) is 27.4. The molecule has 0 radical (unpaired) electrons. The Hall–Kier alpha value is 1.37. The van der Waals surface area contributed by atoms with Gasteiger partial charge in [0.1, 0.15) is 0 Å². The summed E-state index contributed by atoms with van der Waals surface area (Å²) in [7, 11) is -5.17. The van der Waals surface area contributed by atoms with Crippen molar-refractivity contribution in [3.63, 3.8) is 0 Å². The molecule has 0 rings (SSSR count). The molecule has 27 heavy (non-hydrogen) atoms. The summed E-state index contributed by atoms with van der Waals surface area (Å²) in [5.74, 6) is -0.903. The fraction of sp³-hybridized carbons (Fsp3) is 0.944. The molecule has 0 spiro atoms. The zero-order chi connectivity index (χ0) is 19.4. The molecule has 0 aromatic heterocycles. The number of carbonyl (C=O) groups is 1. The van der Waals surface area contributed by atoms with E-state index in [1.165, 1.54) is 83.5 Å². The summed E-state index contributed by atoms with van der Waals surface area (Å²) in [6, 6.07) is 0. The average molecular weight is 444 g/mol. The smallest absolute Gasteiger partial charge is 0.759 e. The maximum atomic E-state index is 10.2. The van der Waals surface area contributed by atoms with Crippen molar-refractivity contribution in [3.05, 3.63) is 0 Å². The van der Waals surface area contributed by atoms with E-state index in [1.807, 2.05) is 0 Å². The first kappa shape index (κ1) is 35.8. The Bertz CT molecular complexity index is 385. The van der Waals surface area contributed by atoms with Gasteiger partial charge in [-0.15, -0.1) is 0 Å². The molecule has 9 heteroatoms. The monoisotopic (exact) mass is 443 g/mol. The predicted octanol–water partition coefficient (Wildman–Crippen LogP) is 2.90. The molecule has 0 bridgehead atoms. The zero-order valence-electron chi connectivity index (χ0n) is 17.1. The molecule has 0 aliphatic rings. The van der Waals surface area contributed by atoms with Gasteiger partial charge in [0.05, 0.1) is 0 Å². The maximum absolute atomic E-state index is 10.2. The third-order valence-corrected chi connectivity index (χ3v) is 3.98. The van der Waals surface area contributed by atoms with Crippen molar-refractivity contribution < 1.29 is 27.4 Å². The van der Waals surface area contributed by atoms with Gasteiger partial charge in [-0.2, -0.15) is 0 Å². The van der Waals surface area contributed by atoms with Crippen LogP contribution >= 0.6 is 0 Å². The first-order valence-electron chi connectivity index (χ1n) is 9.64. The number of hydrogen-bond acceptors (Lipinski definition) is 6. The van der Waals surface area contributed by atoms with Gasteiger partial charge in [-0.25, -0.2) is 0 Å². The minimum Gasteiger partial charge on any atom is -0.759 e. The Kier molecular flexibility index (Phi) is 36.3. The molecule has 0 unspecified atom stereocenters. The largest absolute Gasteiger partial charge is 2.00 e. The van der Waals surface area contributed by atoms with E-state index in [9.17, 15) is 9.90 Å². The van der Waals surface area contributed by atoms with Crippen LogP contribution in [0.3, 0.4) is 0 Å². The predicted molar refractivity (Wildman–Crippen MR) is 107 cm³/mol. The normalized spacial score (nSPS) is 10.2. The Balaban J connectivity index is -0.000000333. The van der Waals surface area contributed by atoms with Gasteiger partial charge in [-0.05, 0) is 12.8 Å². The number of carboxylic acids is 1. The second-order valence-electron chi connectivity index (χ2n) is 6.48. The Morgan fingerprint density at radius 3 is 1.11 bits per heavy atom. The van der Waals surface area contributed by atoms with Crippen LogP contribution < -0.4 is 5.11 Å². The average Bonchev–Trinajstić information content (AvgIpc) is 2.49. The quantitative estimate of drug-likeness (QED) is 0.156. The number of hydrogen-bond donors (Lipinski definition) is 0. The molecule has 0 N–H and O–H groups in total. The van der Waals surface area contributed by atoms with Crippen molar-refractivity contribution in [1.29, 1.82) is 0 Å². The van der Waals surface area contributed by atoms with Crippen LogP contribution in [0.15, 0.2) is 0 Å². The van der Waals surface area contributed by atoms with E-state index in [1.54, 1.807) is 0 Å². The van der Waals surface area contributed by atoms with E-state index >= 15 is 0 Å². The molecule has 0 saturated carbocycles. The number of carbonyl (C=O) groups excluding carboxylic acids is 1. The van der Waals surface area contributed by atoms with E-state index < -0.39 is 16.4 Å². The van der Waals surface area contributed by atoms with Crippen LogP contribution in [0.1, 0.15) is 110 Å².